The number of ether oxygens (including phenoxy) is 1. The molecule has 1 aromatic rings. The number of hydrogen-bond acceptors (Lipinski definition) is 4. The third-order valence-corrected chi connectivity index (χ3v) is 2.72. The van der Waals surface area contributed by atoms with Gasteiger partial charge in [0.15, 0.2) is 0 Å². The lowest BCUT2D eigenvalue weighted by molar-refractivity contribution is -0.149. The Hall–Kier alpha value is -2.57. The summed E-state index contributed by atoms with van der Waals surface area (Å²) in [5, 5.41) is 13.2. The molecule has 0 radical (unpaired) electrons. The highest BCUT2D eigenvalue weighted by Crippen LogP contribution is 2.33. The van der Waals surface area contributed by atoms with E-state index in [0.717, 1.165) is 0 Å². The van der Waals surface area contributed by atoms with Crippen molar-refractivity contribution >= 4 is 23.5 Å². The van der Waals surface area contributed by atoms with E-state index in [1.54, 1.807) is 24.3 Å². The summed E-state index contributed by atoms with van der Waals surface area (Å²) in [6, 6.07) is 6.67. The number of benzene rings is 1. The lowest BCUT2D eigenvalue weighted by Crippen LogP contribution is -2.59. The number of anilines is 1. The Balaban J connectivity index is 2.22. The molecule has 1 atom stereocenters. The van der Waals surface area contributed by atoms with Gasteiger partial charge in [-0.3, -0.25) is 14.4 Å². The number of rotatable bonds is 3. The minimum atomic E-state index is -1.79. The first kappa shape index (κ1) is 12.9. The third kappa shape index (κ3) is 2.35. The number of carbonyl (C=O) groups is 3. The quantitative estimate of drug-likeness (QED) is 0.665. The van der Waals surface area contributed by atoms with Crippen molar-refractivity contribution in [1.29, 1.82) is 0 Å². The molecular weight excluding hydrogens is 252 g/mol. The number of hydrogen-bond donors (Lipinski definition) is 3. The minimum absolute atomic E-state index is 0.357. The average Bonchev–Trinajstić information content (AvgIpc) is 2.37. The Morgan fingerprint density at radius 1 is 1.42 bits per heavy atom. The number of carboxylic acid groups (broad SMARTS) is 1. The van der Waals surface area contributed by atoms with Crippen molar-refractivity contribution in [2.75, 3.05) is 11.9 Å². The van der Waals surface area contributed by atoms with Gasteiger partial charge in [0.05, 0.1) is 5.69 Å². The molecule has 0 fully saturated rings. The van der Waals surface area contributed by atoms with E-state index < -0.39 is 29.9 Å². The van der Waals surface area contributed by atoms with E-state index in [1.807, 2.05) is 0 Å². The number of fused-ring (bicyclic) bond motifs is 1. The second kappa shape index (κ2) is 4.60. The van der Waals surface area contributed by atoms with Crippen molar-refractivity contribution in [3.8, 4) is 5.75 Å². The highest BCUT2D eigenvalue weighted by molar-refractivity contribution is 6.15. The number of carbonyl (C=O) groups excluding carboxylic acids is 2. The van der Waals surface area contributed by atoms with Crippen molar-refractivity contribution < 1.29 is 24.2 Å². The molecule has 0 bridgehead atoms. The second-order valence-electron chi connectivity index (χ2n) is 4.16. The van der Waals surface area contributed by atoms with Gasteiger partial charge in [-0.15, -0.1) is 0 Å². The smallest absolute Gasteiger partial charge is 0.322 e. The summed E-state index contributed by atoms with van der Waals surface area (Å²) in [6.45, 7) is 0.710. The van der Waals surface area contributed by atoms with E-state index >= 15 is 0 Å². The number of para-hydroxylation sites is 2. The molecule has 2 amide bonds. The van der Waals surface area contributed by atoms with Crippen molar-refractivity contribution in [1.82, 2.24) is 5.32 Å². The molecule has 7 nitrogen and oxygen atoms in total. The first-order valence-electron chi connectivity index (χ1n) is 5.53. The van der Waals surface area contributed by atoms with Gasteiger partial charge in [0, 0.05) is 0 Å². The van der Waals surface area contributed by atoms with E-state index in [2.05, 4.69) is 10.6 Å². The maximum atomic E-state index is 11.9. The van der Waals surface area contributed by atoms with Crippen LogP contribution in [0, 0.1) is 0 Å². The topological polar surface area (TPSA) is 105 Å². The van der Waals surface area contributed by atoms with Crippen LogP contribution in [0.3, 0.4) is 0 Å². The molecule has 0 spiro atoms. The molecular formula is C12H12N2O5. The first-order valence-corrected chi connectivity index (χ1v) is 5.53. The zero-order valence-corrected chi connectivity index (χ0v) is 10.1. The van der Waals surface area contributed by atoms with Crippen molar-refractivity contribution in [2.45, 2.75) is 12.5 Å². The van der Waals surface area contributed by atoms with Gasteiger partial charge in [-0.05, 0) is 19.1 Å². The lowest BCUT2D eigenvalue weighted by Gasteiger charge is -2.32. The molecule has 0 aromatic heterocycles. The fraction of sp³-hybridized carbons (Fsp3) is 0.250. The molecule has 1 aromatic carbocycles. The van der Waals surface area contributed by atoms with Crippen molar-refractivity contribution in [2.24, 2.45) is 0 Å². The first-order chi connectivity index (χ1) is 8.93. The van der Waals surface area contributed by atoms with Crippen LogP contribution in [0.5, 0.6) is 5.75 Å². The predicted molar refractivity (Wildman–Crippen MR) is 64.8 cm³/mol. The van der Waals surface area contributed by atoms with Crippen LogP contribution < -0.4 is 15.4 Å². The minimum Gasteiger partial charge on any atom is -0.480 e. The molecule has 7 heteroatoms. The number of amides is 2. The molecule has 100 valence electrons. The summed E-state index contributed by atoms with van der Waals surface area (Å²) in [4.78, 5) is 34.2. The number of nitrogens with one attached hydrogen (secondary N) is 2. The van der Waals surface area contributed by atoms with E-state index in [0.29, 0.717) is 11.4 Å². The Labute approximate surface area is 108 Å². The van der Waals surface area contributed by atoms with Crippen LogP contribution in [-0.2, 0) is 14.4 Å². The molecule has 1 heterocycles. The molecule has 1 aliphatic heterocycles. The van der Waals surface area contributed by atoms with Gasteiger partial charge in [0.25, 0.3) is 17.4 Å². The molecule has 0 aliphatic carbocycles. The van der Waals surface area contributed by atoms with Crippen LogP contribution in [0.2, 0.25) is 0 Å². The van der Waals surface area contributed by atoms with Crippen LogP contribution in [-0.4, -0.2) is 35.0 Å². The van der Waals surface area contributed by atoms with Crippen LogP contribution in [0.15, 0.2) is 24.3 Å². The summed E-state index contributed by atoms with van der Waals surface area (Å²) in [5.74, 6) is -2.29. The maximum absolute atomic E-state index is 11.9. The largest absolute Gasteiger partial charge is 0.480 e. The highest BCUT2D eigenvalue weighted by Gasteiger charge is 2.47. The Morgan fingerprint density at radius 2 is 2.11 bits per heavy atom. The summed E-state index contributed by atoms with van der Waals surface area (Å²) >= 11 is 0. The molecule has 19 heavy (non-hydrogen) atoms. The van der Waals surface area contributed by atoms with Gasteiger partial charge >= 0.3 is 5.97 Å². The van der Waals surface area contributed by atoms with Crippen LogP contribution in [0.4, 0.5) is 5.69 Å². The van der Waals surface area contributed by atoms with Gasteiger partial charge in [0.1, 0.15) is 12.3 Å². The van der Waals surface area contributed by atoms with Gasteiger partial charge in [-0.2, -0.15) is 0 Å². The molecule has 0 saturated heterocycles. The fourth-order valence-electron chi connectivity index (χ4n) is 1.64. The monoisotopic (exact) mass is 264 g/mol. The number of carboxylic acids is 1. The highest BCUT2D eigenvalue weighted by atomic mass is 16.5. The lowest BCUT2D eigenvalue weighted by atomic mass is 10.0. The standard InChI is InChI=1S/C12H12N2O5/c1-12(10(17)13-6-9(15)16)11(18)14-7-4-2-3-5-8(7)19-12/h2-5H,6H2,1H3,(H,13,17)(H,14,18)(H,15,16). The van der Waals surface area contributed by atoms with Crippen LogP contribution in [0.25, 0.3) is 0 Å². The Morgan fingerprint density at radius 3 is 2.79 bits per heavy atom. The Kier molecular flexibility index (Phi) is 3.12. The van der Waals surface area contributed by atoms with E-state index in [1.165, 1.54) is 6.92 Å². The zero-order valence-electron chi connectivity index (χ0n) is 10.1. The van der Waals surface area contributed by atoms with Crippen molar-refractivity contribution in [3.05, 3.63) is 24.3 Å². The maximum Gasteiger partial charge on any atom is 0.322 e. The molecule has 1 aliphatic rings. The van der Waals surface area contributed by atoms with Crippen LogP contribution >= 0.6 is 0 Å². The average molecular weight is 264 g/mol. The molecule has 2 rings (SSSR count). The summed E-state index contributed by atoms with van der Waals surface area (Å²) in [5.41, 5.74) is -1.32. The third-order valence-electron chi connectivity index (χ3n) is 2.72. The molecule has 1 unspecified atom stereocenters. The fourth-order valence-corrected chi connectivity index (χ4v) is 1.64. The van der Waals surface area contributed by atoms with Gasteiger partial charge in [0.2, 0.25) is 0 Å². The SMILES string of the molecule is CC1(C(=O)NCC(=O)O)Oc2ccccc2NC1=O. The van der Waals surface area contributed by atoms with E-state index in [-0.39, 0.29) is 0 Å². The van der Waals surface area contributed by atoms with Gasteiger partial charge in [-0.1, -0.05) is 12.1 Å². The summed E-state index contributed by atoms with van der Waals surface area (Å²) < 4.78 is 5.41. The van der Waals surface area contributed by atoms with E-state index in [4.69, 9.17) is 9.84 Å². The summed E-state index contributed by atoms with van der Waals surface area (Å²) in [7, 11) is 0. The van der Waals surface area contributed by atoms with Crippen molar-refractivity contribution in [3.63, 3.8) is 0 Å². The second-order valence-corrected chi connectivity index (χ2v) is 4.16. The molecule has 3 N–H and O–H groups in total. The molecule has 0 saturated carbocycles. The summed E-state index contributed by atoms with van der Waals surface area (Å²) in [6.07, 6.45) is 0. The normalized spacial score (nSPS) is 20.8. The van der Waals surface area contributed by atoms with Gasteiger partial charge in [-0.25, -0.2) is 0 Å². The zero-order chi connectivity index (χ0) is 14.0. The Bertz CT molecular complexity index is 557. The van der Waals surface area contributed by atoms with Crippen LogP contribution in [0.1, 0.15) is 6.92 Å². The van der Waals surface area contributed by atoms with Gasteiger partial charge < -0.3 is 20.5 Å². The van der Waals surface area contributed by atoms with E-state index in [9.17, 15) is 14.4 Å². The number of aliphatic carboxylic acids is 1. The predicted octanol–water partition coefficient (Wildman–Crippen LogP) is -0.0230.